The SMILES string of the molecule is CC1CN(S(=O)(=O)c2cccc3ccccc23)CCN1C. The average Bonchev–Trinajstić information content (AvgIpc) is 2.49. The van der Waals surface area contributed by atoms with Gasteiger partial charge in [0.15, 0.2) is 0 Å². The lowest BCUT2D eigenvalue weighted by atomic mass is 10.1. The van der Waals surface area contributed by atoms with E-state index in [9.17, 15) is 8.42 Å². The van der Waals surface area contributed by atoms with Crippen molar-refractivity contribution in [1.29, 1.82) is 0 Å². The van der Waals surface area contributed by atoms with Gasteiger partial charge in [-0.05, 0) is 25.4 Å². The van der Waals surface area contributed by atoms with E-state index in [0.717, 1.165) is 17.3 Å². The first kappa shape index (κ1) is 14.5. The van der Waals surface area contributed by atoms with Gasteiger partial charge in [0.1, 0.15) is 0 Å². The Kier molecular flexibility index (Phi) is 3.73. The lowest BCUT2D eigenvalue weighted by molar-refractivity contribution is 0.159. The molecule has 0 amide bonds. The van der Waals surface area contributed by atoms with E-state index in [0.29, 0.717) is 18.0 Å². The summed E-state index contributed by atoms with van der Waals surface area (Å²) in [6.07, 6.45) is 0. The molecule has 3 rings (SSSR count). The van der Waals surface area contributed by atoms with Crippen LogP contribution in [0.1, 0.15) is 6.92 Å². The fraction of sp³-hybridized carbons (Fsp3) is 0.375. The second kappa shape index (κ2) is 5.40. The molecule has 0 radical (unpaired) electrons. The molecule has 1 aliphatic rings. The van der Waals surface area contributed by atoms with Gasteiger partial charge >= 0.3 is 0 Å². The van der Waals surface area contributed by atoms with E-state index in [1.54, 1.807) is 10.4 Å². The van der Waals surface area contributed by atoms with Crippen LogP contribution < -0.4 is 0 Å². The van der Waals surface area contributed by atoms with Crippen LogP contribution in [0.5, 0.6) is 0 Å². The van der Waals surface area contributed by atoms with E-state index in [1.165, 1.54) is 0 Å². The summed E-state index contributed by atoms with van der Waals surface area (Å²) in [7, 11) is -1.40. The first-order valence-electron chi connectivity index (χ1n) is 7.18. The van der Waals surface area contributed by atoms with Crippen LogP contribution in [0.15, 0.2) is 47.4 Å². The molecule has 0 saturated carbocycles. The molecule has 5 heteroatoms. The summed E-state index contributed by atoms with van der Waals surface area (Å²) < 4.78 is 27.5. The summed E-state index contributed by atoms with van der Waals surface area (Å²) in [4.78, 5) is 2.60. The van der Waals surface area contributed by atoms with Gasteiger partial charge in [0.2, 0.25) is 10.0 Å². The van der Waals surface area contributed by atoms with Crippen LogP contribution in [-0.2, 0) is 10.0 Å². The van der Waals surface area contributed by atoms with Crippen molar-refractivity contribution in [3.63, 3.8) is 0 Å². The Morgan fingerprint density at radius 3 is 2.52 bits per heavy atom. The van der Waals surface area contributed by atoms with Crippen molar-refractivity contribution >= 4 is 20.8 Å². The van der Waals surface area contributed by atoms with Gasteiger partial charge in [-0.15, -0.1) is 0 Å². The van der Waals surface area contributed by atoms with Gasteiger partial charge in [-0.25, -0.2) is 8.42 Å². The van der Waals surface area contributed by atoms with E-state index >= 15 is 0 Å². The van der Waals surface area contributed by atoms with Crippen molar-refractivity contribution in [2.75, 3.05) is 26.7 Å². The van der Waals surface area contributed by atoms with Gasteiger partial charge in [0, 0.05) is 31.1 Å². The number of benzene rings is 2. The van der Waals surface area contributed by atoms with Crippen LogP contribution >= 0.6 is 0 Å². The fourth-order valence-electron chi connectivity index (χ4n) is 2.79. The highest BCUT2D eigenvalue weighted by atomic mass is 32.2. The highest BCUT2D eigenvalue weighted by Crippen LogP contribution is 2.26. The van der Waals surface area contributed by atoms with Crippen molar-refractivity contribution in [1.82, 2.24) is 9.21 Å². The molecule has 4 nitrogen and oxygen atoms in total. The first-order chi connectivity index (χ1) is 10.00. The summed E-state index contributed by atoms with van der Waals surface area (Å²) in [5, 5.41) is 1.76. The van der Waals surface area contributed by atoms with Crippen LogP contribution in [0.4, 0.5) is 0 Å². The molecule has 0 aromatic heterocycles. The Balaban J connectivity index is 2.05. The molecule has 0 bridgehead atoms. The van der Waals surface area contributed by atoms with Crippen LogP contribution in [0.3, 0.4) is 0 Å². The monoisotopic (exact) mass is 304 g/mol. The number of hydrogen-bond donors (Lipinski definition) is 0. The molecule has 0 spiro atoms. The van der Waals surface area contributed by atoms with E-state index in [2.05, 4.69) is 11.8 Å². The number of hydrogen-bond acceptors (Lipinski definition) is 3. The van der Waals surface area contributed by atoms with Gasteiger partial charge in [-0.3, -0.25) is 0 Å². The summed E-state index contributed by atoms with van der Waals surface area (Å²) >= 11 is 0. The summed E-state index contributed by atoms with van der Waals surface area (Å²) in [5.74, 6) is 0. The number of likely N-dealkylation sites (N-methyl/N-ethyl adjacent to an activating group) is 1. The second-order valence-corrected chi connectivity index (χ2v) is 7.58. The van der Waals surface area contributed by atoms with Crippen LogP contribution in [0.2, 0.25) is 0 Å². The second-order valence-electron chi connectivity index (χ2n) is 5.67. The highest BCUT2D eigenvalue weighted by molar-refractivity contribution is 7.89. The molecule has 112 valence electrons. The van der Waals surface area contributed by atoms with Crippen molar-refractivity contribution in [3.8, 4) is 0 Å². The Morgan fingerprint density at radius 2 is 1.76 bits per heavy atom. The average molecular weight is 304 g/mol. The Bertz CT molecular complexity index is 752. The topological polar surface area (TPSA) is 40.6 Å². The highest BCUT2D eigenvalue weighted by Gasteiger charge is 2.31. The molecular formula is C16H20N2O2S. The molecule has 21 heavy (non-hydrogen) atoms. The third-order valence-electron chi connectivity index (χ3n) is 4.29. The van der Waals surface area contributed by atoms with Crippen molar-refractivity contribution in [2.45, 2.75) is 17.9 Å². The van der Waals surface area contributed by atoms with Gasteiger partial charge in [0.05, 0.1) is 4.90 Å². The third-order valence-corrected chi connectivity index (χ3v) is 6.21. The molecule has 1 atom stereocenters. The normalized spacial score (nSPS) is 21.7. The summed E-state index contributed by atoms with van der Waals surface area (Å²) in [5.41, 5.74) is 0. The zero-order chi connectivity index (χ0) is 15.0. The maximum absolute atomic E-state index is 13.0. The van der Waals surface area contributed by atoms with Crippen molar-refractivity contribution in [2.24, 2.45) is 0 Å². The minimum absolute atomic E-state index is 0.239. The molecule has 0 N–H and O–H groups in total. The molecule has 1 saturated heterocycles. The van der Waals surface area contributed by atoms with Crippen LogP contribution in [0, 0.1) is 0 Å². The van der Waals surface area contributed by atoms with Gasteiger partial charge in [0.25, 0.3) is 0 Å². The van der Waals surface area contributed by atoms with E-state index in [4.69, 9.17) is 0 Å². The number of fused-ring (bicyclic) bond motifs is 1. The number of sulfonamides is 1. The molecule has 1 aliphatic heterocycles. The lowest BCUT2D eigenvalue weighted by Gasteiger charge is -2.36. The van der Waals surface area contributed by atoms with Gasteiger partial charge < -0.3 is 4.90 Å². The fourth-order valence-corrected chi connectivity index (χ4v) is 4.52. The molecule has 1 fully saturated rings. The van der Waals surface area contributed by atoms with Crippen molar-refractivity contribution in [3.05, 3.63) is 42.5 Å². The molecule has 1 unspecified atom stereocenters. The molecule has 2 aromatic rings. The Labute approximate surface area is 126 Å². The molecular weight excluding hydrogens is 284 g/mol. The molecule has 2 aromatic carbocycles. The zero-order valence-corrected chi connectivity index (χ0v) is 13.2. The summed E-state index contributed by atoms with van der Waals surface area (Å²) in [6, 6.07) is 13.3. The molecule has 1 heterocycles. The quantitative estimate of drug-likeness (QED) is 0.854. The first-order valence-corrected chi connectivity index (χ1v) is 8.62. The van der Waals surface area contributed by atoms with Crippen molar-refractivity contribution < 1.29 is 8.42 Å². The van der Waals surface area contributed by atoms with Crippen LogP contribution in [-0.4, -0.2) is 50.3 Å². The van der Waals surface area contributed by atoms with E-state index < -0.39 is 10.0 Å². The number of piperazine rings is 1. The predicted octanol–water partition coefficient (Wildman–Crippen LogP) is 2.16. The maximum atomic E-state index is 13.0. The van der Waals surface area contributed by atoms with Gasteiger partial charge in [-0.2, -0.15) is 4.31 Å². The maximum Gasteiger partial charge on any atom is 0.243 e. The Morgan fingerprint density at radius 1 is 1.05 bits per heavy atom. The zero-order valence-electron chi connectivity index (χ0n) is 12.4. The smallest absolute Gasteiger partial charge is 0.243 e. The lowest BCUT2D eigenvalue weighted by Crippen LogP contribution is -2.51. The number of rotatable bonds is 2. The summed E-state index contributed by atoms with van der Waals surface area (Å²) in [6.45, 7) is 3.92. The standard InChI is InChI=1S/C16H20N2O2S/c1-13-12-18(11-10-17(13)2)21(19,20)16-9-5-7-14-6-3-4-8-15(14)16/h3-9,13H,10-12H2,1-2H3. The largest absolute Gasteiger partial charge is 0.301 e. The number of nitrogens with zero attached hydrogens (tertiary/aromatic N) is 2. The Hall–Kier alpha value is -1.43. The third kappa shape index (κ3) is 2.57. The van der Waals surface area contributed by atoms with Gasteiger partial charge in [-0.1, -0.05) is 36.4 Å². The van der Waals surface area contributed by atoms with Crippen LogP contribution in [0.25, 0.3) is 10.8 Å². The minimum Gasteiger partial charge on any atom is -0.301 e. The molecule has 0 aliphatic carbocycles. The predicted molar refractivity (Wildman–Crippen MR) is 84.8 cm³/mol. The minimum atomic E-state index is -3.44. The van der Waals surface area contributed by atoms with E-state index in [1.807, 2.05) is 43.4 Å². The van der Waals surface area contributed by atoms with E-state index in [-0.39, 0.29) is 6.04 Å².